The molecule has 0 saturated carbocycles. The molecule has 0 saturated heterocycles. The van der Waals surface area contributed by atoms with Crippen molar-refractivity contribution in [2.24, 2.45) is 0 Å². The molecule has 33 heavy (non-hydrogen) atoms. The number of carbonyl (C=O) groups excluding carboxylic acids is 1. The molecule has 7 heteroatoms. The maximum atomic E-state index is 12.3. The predicted molar refractivity (Wildman–Crippen MR) is 122 cm³/mol. The number of ether oxygens (including phenoxy) is 1. The van der Waals surface area contributed by atoms with Gasteiger partial charge in [0.25, 0.3) is 0 Å². The van der Waals surface area contributed by atoms with Crippen LogP contribution in [0.15, 0.2) is 66.7 Å². The number of aliphatic hydroxyl groups is 2. The first-order valence-electron chi connectivity index (χ1n) is 10.7. The summed E-state index contributed by atoms with van der Waals surface area (Å²) in [5.74, 6) is -1.30. The van der Waals surface area contributed by atoms with Crippen LogP contribution in [0.2, 0.25) is 0 Å². The smallest absolute Gasteiger partial charge is 0.407 e. The van der Waals surface area contributed by atoms with Crippen LogP contribution in [0, 0.1) is 6.92 Å². The zero-order valence-corrected chi connectivity index (χ0v) is 18.1. The number of aliphatic hydroxyl groups excluding tert-OH is 2. The molecule has 3 aromatic carbocycles. The van der Waals surface area contributed by atoms with Gasteiger partial charge in [-0.3, -0.25) is 0 Å². The Kier molecular flexibility index (Phi) is 6.44. The third-order valence-electron chi connectivity index (χ3n) is 6.01. The second-order valence-corrected chi connectivity index (χ2v) is 8.06. The zero-order chi connectivity index (χ0) is 23.5. The highest BCUT2D eigenvalue weighted by atomic mass is 16.5. The minimum atomic E-state index is -1.48. The van der Waals surface area contributed by atoms with Crippen LogP contribution < -0.4 is 5.32 Å². The van der Waals surface area contributed by atoms with Gasteiger partial charge in [0.2, 0.25) is 0 Å². The van der Waals surface area contributed by atoms with Gasteiger partial charge in [-0.15, -0.1) is 0 Å². The van der Waals surface area contributed by atoms with E-state index in [0.717, 1.165) is 22.3 Å². The summed E-state index contributed by atoms with van der Waals surface area (Å²) in [6, 6.07) is 20.6. The summed E-state index contributed by atoms with van der Waals surface area (Å²) >= 11 is 0. The van der Waals surface area contributed by atoms with Crippen LogP contribution in [0.3, 0.4) is 0 Å². The van der Waals surface area contributed by atoms with Crippen LogP contribution in [-0.2, 0) is 4.74 Å². The Morgan fingerprint density at radius 3 is 2.15 bits per heavy atom. The largest absolute Gasteiger partial charge is 0.478 e. The van der Waals surface area contributed by atoms with Gasteiger partial charge in [-0.25, -0.2) is 9.59 Å². The number of aryl methyl sites for hydroxylation is 1. The van der Waals surface area contributed by atoms with E-state index in [1.165, 1.54) is 6.07 Å². The molecule has 0 aromatic heterocycles. The first kappa shape index (κ1) is 22.5. The second kappa shape index (κ2) is 9.44. The van der Waals surface area contributed by atoms with Gasteiger partial charge >= 0.3 is 12.1 Å². The Morgan fingerprint density at radius 2 is 1.55 bits per heavy atom. The maximum absolute atomic E-state index is 12.3. The number of amides is 1. The summed E-state index contributed by atoms with van der Waals surface area (Å²) in [6.45, 7) is 1.47. The van der Waals surface area contributed by atoms with Crippen molar-refractivity contribution in [2.45, 2.75) is 25.0 Å². The average molecular weight is 447 g/mol. The molecule has 0 bridgehead atoms. The summed E-state index contributed by atoms with van der Waals surface area (Å²) in [6.07, 6.45) is -3.62. The van der Waals surface area contributed by atoms with E-state index in [1.807, 2.05) is 48.5 Å². The van der Waals surface area contributed by atoms with Crippen molar-refractivity contribution in [3.05, 3.63) is 94.5 Å². The number of benzene rings is 3. The van der Waals surface area contributed by atoms with Gasteiger partial charge in [-0.2, -0.15) is 0 Å². The van der Waals surface area contributed by atoms with E-state index in [9.17, 15) is 24.9 Å². The van der Waals surface area contributed by atoms with Crippen molar-refractivity contribution in [1.29, 1.82) is 0 Å². The van der Waals surface area contributed by atoms with Crippen LogP contribution in [0.25, 0.3) is 11.1 Å². The molecule has 2 unspecified atom stereocenters. The van der Waals surface area contributed by atoms with Gasteiger partial charge in [0.1, 0.15) is 18.8 Å². The van der Waals surface area contributed by atoms with Crippen molar-refractivity contribution < 1.29 is 29.6 Å². The standard InChI is InChI=1S/C26H25NO6/c1-15-7-6-12-20(25(30)31)23(15)24(29)22(28)13-27-26(32)33-14-21-18-10-4-2-8-16(18)17-9-3-5-11-19(17)21/h2-12,21-22,24,28-29H,13-14H2,1H3,(H,27,32)(H,30,31). The molecule has 1 amide bonds. The van der Waals surface area contributed by atoms with Gasteiger partial charge in [-0.1, -0.05) is 60.7 Å². The quantitative estimate of drug-likeness (QED) is 0.440. The molecule has 3 aromatic rings. The molecule has 170 valence electrons. The molecule has 0 aliphatic heterocycles. The number of aromatic carboxylic acids is 1. The molecule has 4 N–H and O–H groups in total. The fraction of sp³-hybridized carbons (Fsp3) is 0.231. The van der Waals surface area contributed by atoms with Crippen LogP contribution in [-0.4, -0.2) is 46.6 Å². The Morgan fingerprint density at radius 1 is 0.939 bits per heavy atom. The van der Waals surface area contributed by atoms with Crippen molar-refractivity contribution >= 4 is 12.1 Å². The fourth-order valence-electron chi connectivity index (χ4n) is 4.40. The normalized spacial score (nSPS) is 14.2. The van der Waals surface area contributed by atoms with Crippen LogP contribution in [0.5, 0.6) is 0 Å². The maximum Gasteiger partial charge on any atom is 0.407 e. The Balaban J connectivity index is 1.38. The lowest BCUT2D eigenvalue weighted by molar-refractivity contribution is 0.0171. The topological polar surface area (TPSA) is 116 Å². The number of hydrogen-bond acceptors (Lipinski definition) is 5. The molecule has 0 spiro atoms. The summed E-state index contributed by atoms with van der Waals surface area (Å²) in [5, 5.41) is 32.7. The number of hydrogen-bond donors (Lipinski definition) is 4. The van der Waals surface area contributed by atoms with E-state index in [2.05, 4.69) is 5.32 Å². The second-order valence-electron chi connectivity index (χ2n) is 8.06. The minimum Gasteiger partial charge on any atom is -0.478 e. The van der Waals surface area contributed by atoms with Crippen molar-refractivity contribution in [2.75, 3.05) is 13.2 Å². The van der Waals surface area contributed by atoms with E-state index in [1.54, 1.807) is 19.1 Å². The highest BCUT2D eigenvalue weighted by molar-refractivity contribution is 5.90. The summed E-state index contributed by atoms with van der Waals surface area (Å²) in [4.78, 5) is 23.8. The number of rotatable bonds is 7. The molecule has 1 aliphatic rings. The third-order valence-corrected chi connectivity index (χ3v) is 6.01. The molecule has 2 atom stereocenters. The summed E-state index contributed by atoms with van der Waals surface area (Å²) in [5.41, 5.74) is 4.96. The molecular weight excluding hydrogens is 422 g/mol. The molecule has 7 nitrogen and oxygen atoms in total. The number of alkyl carbamates (subject to hydrolysis) is 1. The van der Waals surface area contributed by atoms with Crippen molar-refractivity contribution in [1.82, 2.24) is 5.32 Å². The fourth-order valence-corrected chi connectivity index (χ4v) is 4.40. The van der Waals surface area contributed by atoms with E-state index in [-0.39, 0.29) is 30.2 Å². The third kappa shape index (κ3) is 4.46. The lowest BCUT2D eigenvalue weighted by Gasteiger charge is -2.22. The van der Waals surface area contributed by atoms with Crippen LogP contribution >= 0.6 is 0 Å². The Labute approximate surface area is 191 Å². The van der Waals surface area contributed by atoms with Gasteiger partial charge < -0.3 is 25.4 Å². The average Bonchev–Trinajstić information content (AvgIpc) is 3.14. The molecule has 0 radical (unpaired) electrons. The summed E-state index contributed by atoms with van der Waals surface area (Å²) in [7, 11) is 0. The Bertz CT molecular complexity index is 1150. The van der Waals surface area contributed by atoms with Crippen molar-refractivity contribution in [3.63, 3.8) is 0 Å². The highest BCUT2D eigenvalue weighted by Gasteiger charge is 2.29. The predicted octanol–water partition coefficient (Wildman–Crippen LogP) is 3.63. The van der Waals surface area contributed by atoms with Crippen molar-refractivity contribution in [3.8, 4) is 11.1 Å². The molecular formula is C26H25NO6. The molecule has 0 heterocycles. The Hall–Kier alpha value is -3.68. The monoisotopic (exact) mass is 447 g/mol. The van der Waals surface area contributed by atoms with Gasteiger partial charge in [0, 0.05) is 18.0 Å². The molecule has 0 fully saturated rings. The van der Waals surface area contributed by atoms with Gasteiger partial charge in [-0.05, 0) is 40.8 Å². The van der Waals surface area contributed by atoms with Gasteiger partial charge in [0.05, 0.1) is 5.56 Å². The minimum absolute atomic E-state index is 0.0937. The number of nitrogens with one attached hydrogen (secondary N) is 1. The first-order valence-corrected chi connectivity index (χ1v) is 10.7. The van der Waals surface area contributed by atoms with Crippen LogP contribution in [0.1, 0.15) is 44.6 Å². The van der Waals surface area contributed by atoms with E-state index in [0.29, 0.717) is 5.56 Å². The van der Waals surface area contributed by atoms with Gasteiger partial charge in [0.15, 0.2) is 0 Å². The number of fused-ring (bicyclic) bond motifs is 3. The highest BCUT2D eigenvalue weighted by Crippen LogP contribution is 2.44. The number of carboxylic acid groups (broad SMARTS) is 1. The molecule has 4 rings (SSSR count). The van der Waals surface area contributed by atoms with E-state index in [4.69, 9.17) is 4.74 Å². The SMILES string of the molecule is Cc1cccc(C(=O)O)c1C(O)C(O)CNC(=O)OCC1c2ccccc2-c2ccccc21. The lowest BCUT2D eigenvalue weighted by atomic mass is 9.94. The van der Waals surface area contributed by atoms with E-state index >= 15 is 0 Å². The summed E-state index contributed by atoms with van der Waals surface area (Å²) < 4.78 is 5.42. The molecule has 1 aliphatic carbocycles. The zero-order valence-electron chi connectivity index (χ0n) is 18.1. The lowest BCUT2D eigenvalue weighted by Crippen LogP contribution is -2.37. The van der Waals surface area contributed by atoms with Crippen LogP contribution in [0.4, 0.5) is 4.79 Å². The number of carboxylic acids is 1. The first-order chi connectivity index (χ1) is 15.9. The van der Waals surface area contributed by atoms with E-state index < -0.39 is 24.3 Å². The number of carbonyl (C=O) groups is 2.